The number of aromatic nitrogens is 1. The molecule has 0 spiro atoms. The molecule has 0 aliphatic rings. The number of amides is 1. The Bertz CT molecular complexity index is 652. The van der Waals surface area contributed by atoms with Crippen molar-refractivity contribution < 1.29 is 4.79 Å². The predicted octanol–water partition coefficient (Wildman–Crippen LogP) is 1.86. The number of nitrogen functional groups attached to an aromatic ring is 1. The molecule has 5 nitrogen and oxygen atoms in total. The molecule has 92 valence electrons. The number of nitrogens with one attached hydrogen (secondary N) is 2. The molecule has 18 heavy (non-hydrogen) atoms. The lowest BCUT2D eigenvalue weighted by atomic mass is 10.2. The van der Waals surface area contributed by atoms with E-state index in [2.05, 4.69) is 10.3 Å². The zero-order chi connectivity index (χ0) is 13.1. The highest BCUT2D eigenvalue weighted by molar-refractivity contribution is 6.34. The summed E-state index contributed by atoms with van der Waals surface area (Å²) in [6.07, 6.45) is 2.78. The van der Waals surface area contributed by atoms with E-state index >= 15 is 0 Å². The van der Waals surface area contributed by atoms with Crippen molar-refractivity contribution in [3.63, 3.8) is 0 Å². The van der Waals surface area contributed by atoms with Crippen LogP contribution in [0.15, 0.2) is 41.5 Å². The van der Waals surface area contributed by atoms with Crippen LogP contribution in [0.4, 0.5) is 11.4 Å². The quantitative estimate of drug-likeness (QED) is 0.723. The summed E-state index contributed by atoms with van der Waals surface area (Å²) in [6.45, 7) is 0. The lowest BCUT2D eigenvalue weighted by Crippen LogP contribution is -2.21. The predicted molar refractivity (Wildman–Crippen MR) is 70.9 cm³/mol. The van der Waals surface area contributed by atoms with Gasteiger partial charge < -0.3 is 16.0 Å². The van der Waals surface area contributed by atoms with E-state index in [-0.39, 0.29) is 11.0 Å². The Labute approximate surface area is 108 Å². The monoisotopic (exact) mass is 263 g/mol. The Balaban J connectivity index is 2.30. The third-order valence-corrected chi connectivity index (χ3v) is 2.64. The minimum atomic E-state index is -0.538. The SMILES string of the molecule is Nc1ccc(Cl)c(NC(=O)c2c[nH]ccc2=O)c1. The molecule has 0 fully saturated rings. The van der Waals surface area contributed by atoms with Crippen molar-refractivity contribution in [2.75, 3.05) is 11.1 Å². The maximum absolute atomic E-state index is 11.9. The molecule has 1 aromatic carbocycles. The third kappa shape index (κ3) is 2.52. The second-order valence-electron chi connectivity index (χ2n) is 3.62. The Morgan fingerprint density at radius 2 is 2.11 bits per heavy atom. The summed E-state index contributed by atoms with van der Waals surface area (Å²) < 4.78 is 0. The zero-order valence-corrected chi connectivity index (χ0v) is 9.99. The molecule has 1 aromatic heterocycles. The number of halogens is 1. The van der Waals surface area contributed by atoms with Crippen molar-refractivity contribution in [3.8, 4) is 0 Å². The molecule has 0 saturated heterocycles. The number of rotatable bonds is 2. The van der Waals surface area contributed by atoms with Gasteiger partial charge in [-0.3, -0.25) is 9.59 Å². The molecular weight excluding hydrogens is 254 g/mol. The molecule has 2 rings (SSSR count). The fourth-order valence-corrected chi connectivity index (χ4v) is 1.59. The number of nitrogens with two attached hydrogens (primary N) is 1. The Morgan fingerprint density at radius 1 is 1.33 bits per heavy atom. The smallest absolute Gasteiger partial charge is 0.261 e. The van der Waals surface area contributed by atoms with E-state index in [4.69, 9.17) is 17.3 Å². The minimum Gasteiger partial charge on any atom is -0.399 e. The average Bonchev–Trinajstić information content (AvgIpc) is 2.34. The van der Waals surface area contributed by atoms with Crippen LogP contribution in [0, 0.1) is 0 Å². The fraction of sp³-hybridized carbons (Fsp3) is 0. The fourth-order valence-electron chi connectivity index (χ4n) is 1.42. The van der Waals surface area contributed by atoms with Gasteiger partial charge in [0, 0.05) is 24.1 Å². The molecule has 4 N–H and O–H groups in total. The van der Waals surface area contributed by atoms with E-state index in [0.717, 1.165) is 0 Å². The summed E-state index contributed by atoms with van der Waals surface area (Å²) in [5.74, 6) is -0.538. The molecule has 2 aromatic rings. The lowest BCUT2D eigenvalue weighted by molar-refractivity contribution is 0.102. The molecule has 0 radical (unpaired) electrons. The highest BCUT2D eigenvalue weighted by atomic mass is 35.5. The Morgan fingerprint density at radius 3 is 2.83 bits per heavy atom. The van der Waals surface area contributed by atoms with Crippen molar-refractivity contribution in [3.05, 3.63) is 57.5 Å². The minimum absolute atomic E-state index is 0.0102. The molecule has 6 heteroatoms. The number of benzene rings is 1. The van der Waals surface area contributed by atoms with Gasteiger partial charge in [-0.05, 0) is 18.2 Å². The van der Waals surface area contributed by atoms with Crippen LogP contribution in [-0.2, 0) is 0 Å². The summed E-state index contributed by atoms with van der Waals surface area (Å²) in [5, 5.41) is 2.89. The molecule has 0 aliphatic carbocycles. The van der Waals surface area contributed by atoms with Crippen LogP contribution in [0.3, 0.4) is 0 Å². The van der Waals surface area contributed by atoms with Gasteiger partial charge >= 0.3 is 0 Å². The van der Waals surface area contributed by atoms with Crippen LogP contribution >= 0.6 is 11.6 Å². The molecule has 0 saturated carbocycles. The number of hydrogen-bond acceptors (Lipinski definition) is 3. The van der Waals surface area contributed by atoms with Crippen LogP contribution < -0.4 is 16.5 Å². The largest absolute Gasteiger partial charge is 0.399 e. The maximum atomic E-state index is 11.9. The Kier molecular flexibility index (Phi) is 3.34. The number of hydrogen-bond donors (Lipinski definition) is 3. The van der Waals surface area contributed by atoms with Crippen LogP contribution in [0.25, 0.3) is 0 Å². The van der Waals surface area contributed by atoms with Gasteiger partial charge in [-0.15, -0.1) is 0 Å². The highest BCUT2D eigenvalue weighted by Crippen LogP contribution is 2.24. The van der Waals surface area contributed by atoms with Gasteiger partial charge in [-0.25, -0.2) is 0 Å². The van der Waals surface area contributed by atoms with Crippen molar-refractivity contribution in [1.29, 1.82) is 0 Å². The first-order valence-electron chi connectivity index (χ1n) is 5.11. The van der Waals surface area contributed by atoms with Gasteiger partial charge in [-0.2, -0.15) is 0 Å². The van der Waals surface area contributed by atoms with Gasteiger partial charge in [0.2, 0.25) is 0 Å². The first-order chi connectivity index (χ1) is 8.58. The summed E-state index contributed by atoms with van der Waals surface area (Å²) in [4.78, 5) is 26.0. The number of pyridine rings is 1. The second kappa shape index (κ2) is 4.93. The summed E-state index contributed by atoms with van der Waals surface area (Å²) in [6, 6.07) is 5.99. The molecule has 0 atom stereocenters. The van der Waals surface area contributed by atoms with E-state index in [9.17, 15) is 9.59 Å². The highest BCUT2D eigenvalue weighted by Gasteiger charge is 2.11. The van der Waals surface area contributed by atoms with Crippen LogP contribution in [0.5, 0.6) is 0 Å². The second-order valence-corrected chi connectivity index (χ2v) is 4.02. The summed E-state index contributed by atoms with van der Waals surface area (Å²) in [7, 11) is 0. The number of anilines is 2. The van der Waals surface area contributed by atoms with E-state index in [1.165, 1.54) is 24.5 Å². The molecule has 1 amide bonds. The first-order valence-corrected chi connectivity index (χ1v) is 5.49. The molecule has 0 bridgehead atoms. The molecule has 0 unspecified atom stereocenters. The van der Waals surface area contributed by atoms with Gasteiger partial charge in [0.05, 0.1) is 10.7 Å². The lowest BCUT2D eigenvalue weighted by Gasteiger charge is -2.07. The normalized spacial score (nSPS) is 10.1. The van der Waals surface area contributed by atoms with E-state index in [0.29, 0.717) is 16.4 Å². The zero-order valence-electron chi connectivity index (χ0n) is 9.24. The number of carbonyl (C=O) groups is 1. The van der Waals surface area contributed by atoms with Crippen LogP contribution in [0.1, 0.15) is 10.4 Å². The summed E-state index contributed by atoms with van der Waals surface area (Å²) >= 11 is 5.91. The van der Waals surface area contributed by atoms with E-state index in [1.807, 2.05) is 0 Å². The molecular formula is C12H10ClN3O2. The number of H-pyrrole nitrogens is 1. The summed E-state index contributed by atoms with van der Waals surface area (Å²) in [5.41, 5.74) is 6.07. The van der Waals surface area contributed by atoms with Gasteiger partial charge in [-0.1, -0.05) is 11.6 Å². The Hall–Kier alpha value is -2.27. The molecule has 1 heterocycles. The van der Waals surface area contributed by atoms with Gasteiger partial charge in [0.15, 0.2) is 5.43 Å². The maximum Gasteiger partial charge on any atom is 0.261 e. The van der Waals surface area contributed by atoms with Crippen molar-refractivity contribution in [2.45, 2.75) is 0 Å². The first kappa shape index (κ1) is 12.2. The molecule has 0 aliphatic heterocycles. The third-order valence-electron chi connectivity index (χ3n) is 2.31. The van der Waals surface area contributed by atoms with Crippen LogP contribution in [0.2, 0.25) is 5.02 Å². The number of aromatic amines is 1. The van der Waals surface area contributed by atoms with Gasteiger partial charge in [0.25, 0.3) is 5.91 Å². The van der Waals surface area contributed by atoms with E-state index in [1.54, 1.807) is 12.1 Å². The number of carbonyl (C=O) groups excluding carboxylic acids is 1. The van der Waals surface area contributed by atoms with Crippen molar-refractivity contribution >= 4 is 28.9 Å². The van der Waals surface area contributed by atoms with Crippen molar-refractivity contribution in [2.24, 2.45) is 0 Å². The topological polar surface area (TPSA) is 88.0 Å². The standard InChI is InChI=1S/C12H10ClN3O2/c13-9-2-1-7(14)5-10(9)16-12(18)8-6-15-4-3-11(8)17/h1-6H,14H2,(H,15,17)(H,16,18). The van der Waals surface area contributed by atoms with Crippen LogP contribution in [-0.4, -0.2) is 10.9 Å². The average molecular weight is 264 g/mol. The van der Waals surface area contributed by atoms with Crippen molar-refractivity contribution in [1.82, 2.24) is 4.98 Å². The van der Waals surface area contributed by atoms with E-state index < -0.39 is 5.91 Å². The van der Waals surface area contributed by atoms with Gasteiger partial charge in [0.1, 0.15) is 5.56 Å².